The molecule has 2 N–H and O–H groups in total. The molecule has 0 amide bonds. The Balaban J connectivity index is 0.00000306. The summed E-state index contributed by atoms with van der Waals surface area (Å²) in [5.74, 6) is -1.68. The summed E-state index contributed by atoms with van der Waals surface area (Å²) >= 11 is 0. The van der Waals surface area contributed by atoms with Crippen LogP contribution in [0.1, 0.15) is 6.92 Å². The molecule has 0 unspecified atom stereocenters. The summed E-state index contributed by atoms with van der Waals surface area (Å²) in [6, 6.07) is 13.0. The van der Waals surface area contributed by atoms with Crippen LogP contribution in [0, 0.1) is 0 Å². The van der Waals surface area contributed by atoms with Crippen molar-refractivity contribution in [1.29, 1.82) is 0 Å². The molecule has 0 atom stereocenters. The van der Waals surface area contributed by atoms with Crippen LogP contribution in [0.5, 0.6) is 5.75 Å². The molecule has 0 aliphatic heterocycles. The molecule has 0 heterocycles. The molecule has 0 aliphatic carbocycles. The van der Waals surface area contributed by atoms with Crippen molar-refractivity contribution in [2.75, 3.05) is 0 Å². The molecule has 15 heteroatoms. The Morgan fingerprint density at radius 2 is 1.46 bits per heavy atom. The van der Waals surface area contributed by atoms with E-state index in [0.717, 1.165) is 31.2 Å². The first-order chi connectivity index (χ1) is 15.4. The van der Waals surface area contributed by atoms with E-state index >= 15 is 0 Å². The smallest absolute Gasteiger partial charge is 0.871 e. The van der Waals surface area contributed by atoms with E-state index in [0.29, 0.717) is 5.69 Å². The van der Waals surface area contributed by atoms with Crippen molar-refractivity contribution in [3.05, 3.63) is 60.7 Å². The number of nitrogens with zero attached hydrogens (tertiary/aromatic N) is 3. The van der Waals surface area contributed by atoms with Crippen molar-refractivity contribution in [3.63, 3.8) is 0 Å². The largest absolute Gasteiger partial charge is 1.00 e. The maximum atomic E-state index is 13.1. The SMILES string of the molecule is CC([O-])=Nc1cc(-c2ccc(S(=O)(=O)O)c(N=Nc3ccccc3)c2[O-])cc(S(=O)(=O)O)c1.[Na+].[Na+]. The topological polar surface area (TPSA) is 192 Å². The minimum atomic E-state index is -4.87. The molecule has 0 saturated heterocycles. The third-order valence-electron chi connectivity index (χ3n) is 4.18. The number of aliphatic imine (C=N–C) groups is 1. The number of hydrogen-bond acceptors (Lipinski definition) is 9. The monoisotopic (exact) mass is 535 g/mol. The van der Waals surface area contributed by atoms with E-state index in [2.05, 4.69) is 15.2 Å². The molecule has 0 saturated carbocycles. The van der Waals surface area contributed by atoms with Gasteiger partial charge in [0.1, 0.15) is 4.90 Å². The molecule has 3 aromatic carbocycles. The van der Waals surface area contributed by atoms with Gasteiger partial charge in [0.25, 0.3) is 20.2 Å². The summed E-state index contributed by atoms with van der Waals surface area (Å²) in [7, 11) is -9.61. The van der Waals surface area contributed by atoms with E-state index in [4.69, 9.17) is 0 Å². The van der Waals surface area contributed by atoms with Crippen molar-refractivity contribution >= 4 is 43.2 Å². The molecule has 172 valence electrons. The molecule has 35 heavy (non-hydrogen) atoms. The summed E-state index contributed by atoms with van der Waals surface area (Å²) in [5.41, 5.74) is -0.942. The van der Waals surface area contributed by atoms with Gasteiger partial charge in [0.15, 0.2) is 0 Å². The number of rotatable bonds is 6. The van der Waals surface area contributed by atoms with Gasteiger partial charge in [-0.3, -0.25) is 14.1 Å². The average molecular weight is 535 g/mol. The Labute approximate surface area is 245 Å². The van der Waals surface area contributed by atoms with E-state index in [1.807, 2.05) is 0 Å². The first-order valence-electron chi connectivity index (χ1n) is 9.00. The van der Waals surface area contributed by atoms with E-state index in [9.17, 15) is 36.2 Å². The van der Waals surface area contributed by atoms with Gasteiger partial charge in [-0.15, -0.1) is 5.11 Å². The zero-order valence-electron chi connectivity index (χ0n) is 18.8. The molecule has 0 radical (unpaired) electrons. The summed E-state index contributed by atoms with van der Waals surface area (Å²) in [6.07, 6.45) is 0. The predicted molar refractivity (Wildman–Crippen MR) is 114 cm³/mol. The van der Waals surface area contributed by atoms with Crippen LogP contribution in [0.4, 0.5) is 17.1 Å². The van der Waals surface area contributed by atoms with E-state index in [1.54, 1.807) is 18.2 Å². The zero-order chi connectivity index (χ0) is 24.4. The Kier molecular flexibility index (Phi) is 11.2. The summed E-state index contributed by atoms with van der Waals surface area (Å²) in [4.78, 5) is 2.15. The van der Waals surface area contributed by atoms with Gasteiger partial charge in [0.05, 0.1) is 22.0 Å². The van der Waals surface area contributed by atoms with Crippen molar-refractivity contribution in [2.45, 2.75) is 16.7 Å². The second kappa shape index (κ2) is 12.5. The molecule has 0 aliphatic rings. The predicted octanol–water partition coefficient (Wildman–Crippen LogP) is -3.25. The molecule has 0 bridgehead atoms. The van der Waals surface area contributed by atoms with Crippen LogP contribution in [0.2, 0.25) is 0 Å². The van der Waals surface area contributed by atoms with Gasteiger partial charge in [0.2, 0.25) is 0 Å². The van der Waals surface area contributed by atoms with Gasteiger partial charge < -0.3 is 10.2 Å². The van der Waals surface area contributed by atoms with Crippen LogP contribution in [-0.4, -0.2) is 31.8 Å². The Morgan fingerprint density at radius 1 is 0.829 bits per heavy atom. The average Bonchev–Trinajstić information content (AvgIpc) is 2.71. The maximum Gasteiger partial charge on any atom is 1.00 e. The van der Waals surface area contributed by atoms with Crippen molar-refractivity contribution < 1.29 is 95.3 Å². The number of benzene rings is 3. The maximum absolute atomic E-state index is 13.1. The second-order valence-corrected chi connectivity index (χ2v) is 9.43. The summed E-state index contributed by atoms with van der Waals surface area (Å²) in [6.45, 7) is 1.11. The molecule has 0 aromatic heterocycles. The van der Waals surface area contributed by atoms with Crippen LogP contribution in [0.25, 0.3) is 11.1 Å². The first-order valence-corrected chi connectivity index (χ1v) is 11.9. The molecule has 3 rings (SSSR count). The third-order valence-corrected chi connectivity index (χ3v) is 5.90. The second-order valence-electron chi connectivity index (χ2n) is 6.62. The third kappa shape index (κ3) is 8.18. The minimum absolute atomic E-state index is 0. The Hall–Kier alpha value is -1.65. The molecule has 0 spiro atoms. The Bertz CT molecular complexity index is 1490. The van der Waals surface area contributed by atoms with Crippen LogP contribution in [0.3, 0.4) is 0 Å². The number of azo groups is 1. The van der Waals surface area contributed by atoms with Crippen molar-refractivity contribution in [3.8, 4) is 16.9 Å². The van der Waals surface area contributed by atoms with Gasteiger partial charge in [-0.2, -0.15) is 21.9 Å². The zero-order valence-corrected chi connectivity index (χ0v) is 24.4. The number of hydrogen-bond donors (Lipinski definition) is 2. The summed E-state index contributed by atoms with van der Waals surface area (Å²) in [5, 5.41) is 32.0. The Morgan fingerprint density at radius 3 is 2.00 bits per heavy atom. The molecular formula is C20H15N3Na2O8S2. The van der Waals surface area contributed by atoms with Gasteiger partial charge in [-0.05, 0) is 60.3 Å². The van der Waals surface area contributed by atoms with E-state index in [-0.39, 0.29) is 75.9 Å². The van der Waals surface area contributed by atoms with Crippen LogP contribution >= 0.6 is 0 Å². The van der Waals surface area contributed by atoms with E-state index < -0.39 is 47.4 Å². The van der Waals surface area contributed by atoms with Gasteiger partial charge >= 0.3 is 59.1 Å². The van der Waals surface area contributed by atoms with Crippen LogP contribution < -0.4 is 69.3 Å². The van der Waals surface area contributed by atoms with Crippen LogP contribution in [-0.2, 0) is 20.2 Å². The first kappa shape index (κ1) is 31.4. The van der Waals surface area contributed by atoms with Gasteiger partial charge in [-0.1, -0.05) is 30.0 Å². The fourth-order valence-electron chi connectivity index (χ4n) is 2.82. The molecule has 0 fully saturated rings. The van der Waals surface area contributed by atoms with Crippen LogP contribution in [0.15, 0.2) is 85.7 Å². The van der Waals surface area contributed by atoms with Crippen molar-refractivity contribution in [2.24, 2.45) is 15.2 Å². The fourth-order valence-corrected chi connectivity index (χ4v) is 3.98. The molecule has 3 aromatic rings. The normalized spacial score (nSPS) is 12.1. The standard InChI is InChI=1S/C20H17N3O8S2.2Na/c1-12(24)21-15-9-13(10-16(11-15)32(26,27)28)17-7-8-18(33(29,30)31)19(20(17)25)23-22-14-5-3-2-4-6-14;;/h2-11,25H,1H3,(H,21,24)(H,26,27,28)(H,29,30,31);;/q;2*+1/p-2. The summed E-state index contributed by atoms with van der Waals surface area (Å²) < 4.78 is 65.8. The van der Waals surface area contributed by atoms with Crippen molar-refractivity contribution in [1.82, 2.24) is 0 Å². The van der Waals surface area contributed by atoms with Gasteiger partial charge in [-0.25, -0.2) is 0 Å². The molecule has 11 nitrogen and oxygen atoms in total. The van der Waals surface area contributed by atoms with Gasteiger partial charge in [0, 0.05) is 0 Å². The molecular weight excluding hydrogens is 520 g/mol. The minimum Gasteiger partial charge on any atom is -0.871 e. The fraction of sp³-hybridized carbons (Fsp3) is 0.0500. The van der Waals surface area contributed by atoms with E-state index in [1.165, 1.54) is 18.2 Å². The quantitative estimate of drug-likeness (QED) is 0.108.